The summed E-state index contributed by atoms with van der Waals surface area (Å²) >= 11 is 3.41. The van der Waals surface area contributed by atoms with Crippen molar-refractivity contribution in [1.82, 2.24) is 9.88 Å². The van der Waals surface area contributed by atoms with Crippen molar-refractivity contribution in [3.8, 4) is 0 Å². The molecule has 1 saturated heterocycles. The molecule has 1 amide bonds. The molecule has 0 spiro atoms. The van der Waals surface area contributed by atoms with E-state index in [4.69, 9.17) is 0 Å². The van der Waals surface area contributed by atoms with Gasteiger partial charge >= 0.3 is 0 Å². The maximum atomic E-state index is 11.9. The topological polar surface area (TPSA) is 33.2 Å². The number of piperidine rings is 1. The van der Waals surface area contributed by atoms with Gasteiger partial charge in [-0.1, -0.05) is 22.0 Å². The maximum Gasteiger partial charge on any atom is 0.236 e. The molecule has 1 fully saturated rings. The molecule has 1 aromatic heterocycles. The number of alkyl halides is 1. The van der Waals surface area contributed by atoms with Crippen molar-refractivity contribution in [2.75, 3.05) is 6.54 Å². The van der Waals surface area contributed by atoms with Gasteiger partial charge in [0.05, 0.1) is 17.1 Å². The Morgan fingerprint density at radius 1 is 1.62 bits per heavy atom. The molecule has 3 nitrogen and oxygen atoms in total. The van der Waals surface area contributed by atoms with E-state index in [1.165, 1.54) is 0 Å². The maximum absolute atomic E-state index is 11.9. The van der Waals surface area contributed by atoms with Gasteiger partial charge in [-0.2, -0.15) is 0 Å². The lowest BCUT2D eigenvalue weighted by atomic mass is 10.1. The zero-order valence-corrected chi connectivity index (χ0v) is 10.9. The van der Waals surface area contributed by atoms with E-state index < -0.39 is 0 Å². The van der Waals surface area contributed by atoms with Gasteiger partial charge in [0.15, 0.2) is 0 Å². The summed E-state index contributed by atoms with van der Waals surface area (Å²) < 4.78 is 0. The number of amides is 1. The highest BCUT2D eigenvalue weighted by molar-refractivity contribution is 9.10. The van der Waals surface area contributed by atoms with Crippen molar-refractivity contribution in [2.45, 2.75) is 31.1 Å². The number of carbonyl (C=O) groups excluding carboxylic acids is 1. The fraction of sp³-hybridized carbons (Fsp3) is 0.500. The monoisotopic (exact) mass is 282 g/mol. The molecule has 0 saturated carbocycles. The molecular formula is C12H15BrN2O. The quantitative estimate of drug-likeness (QED) is 0.780. The molecule has 0 radical (unpaired) electrons. The highest BCUT2D eigenvalue weighted by Gasteiger charge is 2.26. The van der Waals surface area contributed by atoms with Crippen LogP contribution in [0.25, 0.3) is 0 Å². The molecule has 1 atom stereocenters. The van der Waals surface area contributed by atoms with Gasteiger partial charge < -0.3 is 4.90 Å². The fourth-order valence-corrected chi connectivity index (χ4v) is 2.53. The number of aryl methyl sites for hydroxylation is 1. The summed E-state index contributed by atoms with van der Waals surface area (Å²) in [5, 5.41) is 0. The van der Waals surface area contributed by atoms with Gasteiger partial charge in [0, 0.05) is 12.7 Å². The predicted octanol–water partition coefficient (Wildman–Crippen LogP) is 2.28. The molecule has 0 bridgehead atoms. The van der Waals surface area contributed by atoms with Crippen LogP contribution < -0.4 is 0 Å². The second-order valence-corrected chi connectivity index (χ2v) is 5.24. The third-order valence-electron chi connectivity index (χ3n) is 2.92. The minimum absolute atomic E-state index is 0.00901. The molecule has 1 unspecified atom stereocenters. The first-order chi connectivity index (χ1) is 7.68. The number of halogens is 1. The van der Waals surface area contributed by atoms with E-state index in [0.717, 1.165) is 30.6 Å². The molecule has 1 aromatic rings. The summed E-state index contributed by atoms with van der Waals surface area (Å²) in [6.45, 7) is 3.51. The fourth-order valence-electron chi connectivity index (χ4n) is 1.91. The normalized spacial score (nSPS) is 21.2. The second kappa shape index (κ2) is 4.95. The van der Waals surface area contributed by atoms with Crippen molar-refractivity contribution < 1.29 is 4.79 Å². The number of hydrogen-bond donors (Lipinski definition) is 0. The molecular weight excluding hydrogens is 268 g/mol. The average Bonchev–Trinajstić information content (AvgIpc) is 2.28. The van der Waals surface area contributed by atoms with Crippen molar-refractivity contribution in [3.05, 3.63) is 29.6 Å². The van der Waals surface area contributed by atoms with Crippen molar-refractivity contribution in [3.63, 3.8) is 0 Å². The van der Waals surface area contributed by atoms with Gasteiger partial charge in [0.1, 0.15) is 0 Å². The van der Waals surface area contributed by atoms with Gasteiger partial charge in [-0.05, 0) is 31.4 Å². The van der Waals surface area contributed by atoms with Crippen LogP contribution in [0.1, 0.15) is 24.1 Å². The largest absolute Gasteiger partial charge is 0.336 e. The second-order valence-electron chi connectivity index (χ2n) is 4.14. The van der Waals surface area contributed by atoms with E-state index in [-0.39, 0.29) is 10.7 Å². The molecule has 0 N–H and O–H groups in total. The van der Waals surface area contributed by atoms with E-state index in [2.05, 4.69) is 20.9 Å². The Kier molecular flexibility index (Phi) is 3.59. The molecule has 1 aliphatic heterocycles. The zero-order valence-electron chi connectivity index (χ0n) is 9.32. The van der Waals surface area contributed by atoms with Crippen LogP contribution in [-0.2, 0) is 11.3 Å². The summed E-state index contributed by atoms with van der Waals surface area (Å²) in [7, 11) is 0. The lowest BCUT2D eigenvalue weighted by Crippen LogP contribution is -2.41. The number of rotatable bonds is 2. The van der Waals surface area contributed by atoms with E-state index in [9.17, 15) is 4.79 Å². The Bertz CT molecular complexity index is 394. The summed E-state index contributed by atoms with van der Waals surface area (Å²) in [6, 6.07) is 3.95. The molecule has 0 aliphatic carbocycles. The number of likely N-dealkylation sites (tertiary alicyclic amines) is 1. The Morgan fingerprint density at radius 3 is 3.19 bits per heavy atom. The Morgan fingerprint density at radius 2 is 2.44 bits per heavy atom. The third-order valence-corrected chi connectivity index (χ3v) is 3.77. The van der Waals surface area contributed by atoms with E-state index >= 15 is 0 Å². The van der Waals surface area contributed by atoms with Crippen LogP contribution in [0.3, 0.4) is 0 Å². The zero-order chi connectivity index (χ0) is 11.5. The van der Waals surface area contributed by atoms with Gasteiger partial charge in [-0.25, -0.2) is 0 Å². The molecule has 1 aliphatic rings. The van der Waals surface area contributed by atoms with Crippen LogP contribution in [0.15, 0.2) is 18.3 Å². The number of hydrogen-bond acceptors (Lipinski definition) is 2. The van der Waals surface area contributed by atoms with Gasteiger partial charge in [-0.15, -0.1) is 0 Å². The lowest BCUT2D eigenvalue weighted by molar-refractivity contribution is -0.133. The predicted molar refractivity (Wildman–Crippen MR) is 66.3 cm³/mol. The van der Waals surface area contributed by atoms with Crippen LogP contribution in [-0.4, -0.2) is 27.2 Å². The summed E-state index contributed by atoms with van der Waals surface area (Å²) in [5.74, 6) is 0.191. The SMILES string of the molecule is Cc1cccnc1CN1CCCC(Br)C1=O. The van der Waals surface area contributed by atoms with Crippen LogP contribution >= 0.6 is 15.9 Å². The van der Waals surface area contributed by atoms with E-state index in [1.54, 1.807) is 6.20 Å². The smallest absolute Gasteiger partial charge is 0.236 e. The number of pyridine rings is 1. The van der Waals surface area contributed by atoms with E-state index in [1.807, 2.05) is 24.0 Å². The van der Waals surface area contributed by atoms with Crippen molar-refractivity contribution in [2.24, 2.45) is 0 Å². The molecule has 2 heterocycles. The molecule has 2 rings (SSSR count). The molecule has 4 heteroatoms. The molecule has 0 aromatic carbocycles. The van der Waals surface area contributed by atoms with Crippen molar-refractivity contribution in [1.29, 1.82) is 0 Å². The average molecular weight is 283 g/mol. The van der Waals surface area contributed by atoms with Gasteiger partial charge in [-0.3, -0.25) is 9.78 Å². The molecule has 16 heavy (non-hydrogen) atoms. The Labute approximate surface area is 104 Å². The first-order valence-corrected chi connectivity index (χ1v) is 6.43. The summed E-state index contributed by atoms with van der Waals surface area (Å²) in [5.41, 5.74) is 2.14. The van der Waals surface area contributed by atoms with Gasteiger partial charge in [0.2, 0.25) is 5.91 Å². The molecule has 86 valence electrons. The Hall–Kier alpha value is -0.900. The summed E-state index contributed by atoms with van der Waals surface area (Å²) in [4.78, 5) is 18.1. The first-order valence-electron chi connectivity index (χ1n) is 5.52. The standard InChI is InChI=1S/C12H15BrN2O/c1-9-4-2-6-14-11(9)8-15-7-3-5-10(13)12(15)16/h2,4,6,10H,3,5,7-8H2,1H3. The third kappa shape index (κ3) is 2.43. The van der Waals surface area contributed by atoms with Crippen LogP contribution in [0.4, 0.5) is 0 Å². The Balaban J connectivity index is 2.10. The minimum Gasteiger partial charge on any atom is -0.336 e. The number of aromatic nitrogens is 1. The van der Waals surface area contributed by atoms with Crippen LogP contribution in [0.2, 0.25) is 0 Å². The lowest BCUT2D eigenvalue weighted by Gasteiger charge is -2.29. The number of carbonyl (C=O) groups is 1. The van der Waals surface area contributed by atoms with E-state index in [0.29, 0.717) is 6.54 Å². The number of nitrogens with zero attached hydrogens (tertiary/aromatic N) is 2. The van der Waals surface area contributed by atoms with Crippen molar-refractivity contribution >= 4 is 21.8 Å². The van der Waals surface area contributed by atoms with Crippen LogP contribution in [0, 0.1) is 6.92 Å². The minimum atomic E-state index is -0.00901. The van der Waals surface area contributed by atoms with Crippen LogP contribution in [0.5, 0.6) is 0 Å². The highest BCUT2D eigenvalue weighted by Crippen LogP contribution is 2.20. The highest BCUT2D eigenvalue weighted by atomic mass is 79.9. The van der Waals surface area contributed by atoms with Gasteiger partial charge in [0.25, 0.3) is 0 Å². The first kappa shape index (κ1) is 11.6. The summed E-state index contributed by atoms with van der Waals surface area (Å²) in [6.07, 6.45) is 3.78.